The first-order valence-electron chi connectivity index (χ1n) is 6.09. The van der Waals surface area contributed by atoms with E-state index in [0.29, 0.717) is 0 Å². The average molecular weight is 254 g/mol. The third-order valence-corrected chi connectivity index (χ3v) is 4.05. The van der Waals surface area contributed by atoms with Crippen molar-refractivity contribution >= 4 is 17.3 Å². The van der Waals surface area contributed by atoms with Gasteiger partial charge in [-0.1, -0.05) is 13.3 Å². The zero-order chi connectivity index (χ0) is 12.3. The standard InChI is InChI=1S/C12H18N2O2S/c1-2-3-9-6-14(7-9)5-4-11-13-10(8-17-11)12(15)16/h8-9H,2-7H2,1H3,(H,15,16). The molecule has 1 aromatic heterocycles. The summed E-state index contributed by atoms with van der Waals surface area (Å²) in [5.41, 5.74) is 0.178. The number of carboxylic acid groups (broad SMARTS) is 1. The molecule has 0 spiro atoms. The van der Waals surface area contributed by atoms with Crippen molar-refractivity contribution in [1.29, 1.82) is 0 Å². The van der Waals surface area contributed by atoms with E-state index in [1.165, 1.54) is 37.3 Å². The maximum atomic E-state index is 10.7. The summed E-state index contributed by atoms with van der Waals surface area (Å²) in [6, 6.07) is 0. The van der Waals surface area contributed by atoms with Gasteiger partial charge >= 0.3 is 5.97 Å². The highest BCUT2D eigenvalue weighted by Gasteiger charge is 2.25. The Labute approximate surface area is 105 Å². The monoisotopic (exact) mass is 254 g/mol. The largest absolute Gasteiger partial charge is 0.476 e. The second-order valence-corrected chi connectivity index (χ2v) is 5.54. The van der Waals surface area contributed by atoms with Gasteiger partial charge in [-0.05, 0) is 12.3 Å². The van der Waals surface area contributed by atoms with E-state index >= 15 is 0 Å². The van der Waals surface area contributed by atoms with E-state index in [-0.39, 0.29) is 5.69 Å². The molecular formula is C12H18N2O2S. The molecule has 0 aliphatic carbocycles. The molecule has 0 unspecified atom stereocenters. The van der Waals surface area contributed by atoms with E-state index < -0.39 is 5.97 Å². The molecular weight excluding hydrogens is 236 g/mol. The van der Waals surface area contributed by atoms with Crippen molar-refractivity contribution in [1.82, 2.24) is 9.88 Å². The van der Waals surface area contributed by atoms with E-state index in [0.717, 1.165) is 23.9 Å². The molecule has 1 aliphatic heterocycles. The summed E-state index contributed by atoms with van der Waals surface area (Å²) in [5, 5.41) is 11.3. The fourth-order valence-corrected chi connectivity index (χ4v) is 2.99. The van der Waals surface area contributed by atoms with Gasteiger partial charge in [0.25, 0.3) is 0 Å². The van der Waals surface area contributed by atoms with Crippen molar-refractivity contribution in [3.8, 4) is 0 Å². The third-order valence-electron chi connectivity index (χ3n) is 3.14. The zero-order valence-corrected chi connectivity index (χ0v) is 10.9. The number of carboxylic acids is 1. The van der Waals surface area contributed by atoms with Crippen LogP contribution in [0.4, 0.5) is 0 Å². The molecule has 1 N–H and O–H groups in total. The average Bonchev–Trinajstić information content (AvgIpc) is 2.70. The highest BCUT2D eigenvalue weighted by Crippen LogP contribution is 2.21. The van der Waals surface area contributed by atoms with E-state index in [4.69, 9.17) is 5.11 Å². The van der Waals surface area contributed by atoms with Gasteiger partial charge in [-0.3, -0.25) is 0 Å². The summed E-state index contributed by atoms with van der Waals surface area (Å²) in [6.45, 7) is 5.63. The third kappa shape index (κ3) is 3.26. The lowest BCUT2D eigenvalue weighted by Crippen LogP contribution is -2.47. The number of hydrogen-bond donors (Lipinski definition) is 1. The highest BCUT2D eigenvalue weighted by molar-refractivity contribution is 7.09. The van der Waals surface area contributed by atoms with Crippen molar-refractivity contribution in [3.05, 3.63) is 16.1 Å². The molecule has 4 nitrogen and oxygen atoms in total. The van der Waals surface area contributed by atoms with Gasteiger partial charge in [0.05, 0.1) is 5.01 Å². The molecule has 0 saturated carbocycles. The van der Waals surface area contributed by atoms with Crippen molar-refractivity contribution < 1.29 is 9.90 Å². The Morgan fingerprint density at radius 2 is 2.41 bits per heavy atom. The number of thiazole rings is 1. The van der Waals surface area contributed by atoms with Crippen LogP contribution in [-0.4, -0.2) is 40.6 Å². The highest BCUT2D eigenvalue weighted by atomic mass is 32.1. The number of nitrogens with zero attached hydrogens (tertiary/aromatic N) is 2. The molecule has 0 aromatic carbocycles. The van der Waals surface area contributed by atoms with Crippen LogP contribution in [0.15, 0.2) is 5.38 Å². The van der Waals surface area contributed by atoms with Crippen LogP contribution in [0.1, 0.15) is 35.3 Å². The van der Waals surface area contributed by atoms with Gasteiger partial charge in [-0.2, -0.15) is 0 Å². The van der Waals surface area contributed by atoms with Crippen LogP contribution in [0.2, 0.25) is 0 Å². The molecule has 17 heavy (non-hydrogen) atoms. The first-order chi connectivity index (χ1) is 8.19. The summed E-state index contributed by atoms with van der Waals surface area (Å²) in [6.07, 6.45) is 3.47. The van der Waals surface area contributed by atoms with Crippen LogP contribution < -0.4 is 0 Å². The molecule has 0 atom stereocenters. The molecule has 2 heterocycles. The quantitative estimate of drug-likeness (QED) is 0.845. The smallest absolute Gasteiger partial charge is 0.355 e. The summed E-state index contributed by atoms with van der Waals surface area (Å²) < 4.78 is 0. The summed E-state index contributed by atoms with van der Waals surface area (Å²) in [7, 11) is 0. The Morgan fingerprint density at radius 1 is 1.65 bits per heavy atom. The minimum atomic E-state index is -0.931. The van der Waals surface area contributed by atoms with Crippen LogP contribution in [0.25, 0.3) is 0 Å². The fourth-order valence-electron chi connectivity index (χ4n) is 2.23. The van der Waals surface area contributed by atoms with Gasteiger partial charge in [0.15, 0.2) is 5.69 Å². The summed E-state index contributed by atoms with van der Waals surface area (Å²) >= 11 is 1.45. The fraction of sp³-hybridized carbons (Fsp3) is 0.667. The molecule has 2 rings (SSSR count). The van der Waals surface area contributed by atoms with Crippen molar-refractivity contribution in [3.63, 3.8) is 0 Å². The topological polar surface area (TPSA) is 53.4 Å². The van der Waals surface area contributed by atoms with Crippen molar-refractivity contribution in [2.45, 2.75) is 26.2 Å². The minimum absolute atomic E-state index is 0.178. The molecule has 1 saturated heterocycles. The molecule has 5 heteroatoms. The van der Waals surface area contributed by atoms with Gasteiger partial charge in [0.1, 0.15) is 0 Å². The Kier molecular flexibility index (Phi) is 4.12. The first-order valence-corrected chi connectivity index (χ1v) is 6.97. The van der Waals surface area contributed by atoms with Gasteiger partial charge in [0, 0.05) is 31.4 Å². The Morgan fingerprint density at radius 3 is 3.00 bits per heavy atom. The SMILES string of the molecule is CCCC1CN(CCc2nc(C(=O)O)cs2)C1. The molecule has 94 valence electrons. The number of hydrogen-bond acceptors (Lipinski definition) is 4. The van der Waals surface area contributed by atoms with Crippen LogP contribution in [0, 0.1) is 5.92 Å². The maximum Gasteiger partial charge on any atom is 0.355 e. The molecule has 1 aliphatic rings. The van der Waals surface area contributed by atoms with Crippen LogP contribution in [-0.2, 0) is 6.42 Å². The number of rotatable bonds is 6. The summed E-state index contributed by atoms with van der Waals surface area (Å²) in [5.74, 6) is -0.0506. The second kappa shape index (κ2) is 5.60. The maximum absolute atomic E-state index is 10.7. The molecule has 0 bridgehead atoms. The van der Waals surface area contributed by atoms with E-state index in [1.807, 2.05) is 0 Å². The lowest BCUT2D eigenvalue weighted by atomic mass is 9.95. The minimum Gasteiger partial charge on any atom is -0.476 e. The molecule has 0 radical (unpaired) electrons. The van der Waals surface area contributed by atoms with Gasteiger partial charge < -0.3 is 10.0 Å². The van der Waals surface area contributed by atoms with E-state index in [2.05, 4.69) is 16.8 Å². The van der Waals surface area contributed by atoms with Gasteiger partial charge in [-0.15, -0.1) is 11.3 Å². The lowest BCUT2D eigenvalue weighted by Gasteiger charge is -2.39. The molecule has 1 aromatic rings. The lowest BCUT2D eigenvalue weighted by molar-refractivity contribution is 0.0691. The van der Waals surface area contributed by atoms with Crippen molar-refractivity contribution in [2.24, 2.45) is 5.92 Å². The van der Waals surface area contributed by atoms with Crippen LogP contribution in [0.3, 0.4) is 0 Å². The van der Waals surface area contributed by atoms with Crippen LogP contribution >= 0.6 is 11.3 Å². The van der Waals surface area contributed by atoms with Crippen molar-refractivity contribution in [2.75, 3.05) is 19.6 Å². The zero-order valence-electron chi connectivity index (χ0n) is 10.1. The normalized spacial score (nSPS) is 17.0. The first kappa shape index (κ1) is 12.5. The van der Waals surface area contributed by atoms with Gasteiger partial charge in [0.2, 0.25) is 0 Å². The predicted octanol–water partition coefficient (Wildman–Crippen LogP) is 2.12. The number of aromatic nitrogens is 1. The van der Waals surface area contributed by atoms with E-state index in [1.54, 1.807) is 5.38 Å². The number of carbonyl (C=O) groups is 1. The summed E-state index contributed by atoms with van der Waals surface area (Å²) in [4.78, 5) is 17.2. The Bertz CT molecular complexity index is 386. The molecule has 1 fully saturated rings. The number of aromatic carboxylic acids is 1. The number of likely N-dealkylation sites (tertiary alicyclic amines) is 1. The van der Waals surface area contributed by atoms with Crippen LogP contribution in [0.5, 0.6) is 0 Å². The van der Waals surface area contributed by atoms with Gasteiger partial charge in [-0.25, -0.2) is 9.78 Å². The molecule has 0 amide bonds. The Hall–Kier alpha value is -0.940. The van der Waals surface area contributed by atoms with E-state index in [9.17, 15) is 4.79 Å². The second-order valence-electron chi connectivity index (χ2n) is 4.60. The predicted molar refractivity (Wildman–Crippen MR) is 67.6 cm³/mol. The Balaban J connectivity index is 1.70.